The third-order valence-corrected chi connectivity index (χ3v) is 6.08. The highest BCUT2D eigenvalue weighted by Gasteiger charge is 2.18. The van der Waals surface area contributed by atoms with Crippen LogP contribution in [-0.2, 0) is 20.0 Å². The lowest BCUT2D eigenvalue weighted by atomic mass is 10.1. The fourth-order valence-electron chi connectivity index (χ4n) is 4.29. The highest BCUT2D eigenvalue weighted by molar-refractivity contribution is 5.82. The maximum atomic E-state index is 12.1. The van der Waals surface area contributed by atoms with Crippen LogP contribution in [0.25, 0.3) is 21.9 Å². The van der Waals surface area contributed by atoms with Crippen molar-refractivity contribution in [2.45, 2.75) is 19.9 Å². The van der Waals surface area contributed by atoms with E-state index >= 15 is 0 Å². The molecule has 1 N–H and O–H groups in total. The molecule has 7 nitrogen and oxygen atoms in total. The van der Waals surface area contributed by atoms with E-state index in [4.69, 9.17) is 0 Å². The number of nitrogens with one attached hydrogen (secondary N) is 1. The van der Waals surface area contributed by atoms with Gasteiger partial charge in [-0.25, -0.2) is 0 Å². The van der Waals surface area contributed by atoms with Crippen LogP contribution in [0.1, 0.15) is 18.1 Å². The standard InChI is InChI=1S/C23H26N6O/c1-3-17-12-20-21(26-23(17)30)10-16(13-24-20)15-28-6-8-29(9-7-28)19-4-5-22-18(11-19)14-25-27(22)2/h4-5,10-14H,3,6-9,15H2,1-2H3,(H,26,30). The van der Waals surface area contributed by atoms with E-state index < -0.39 is 0 Å². The van der Waals surface area contributed by atoms with Crippen molar-refractivity contribution in [3.8, 4) is 0 Å². The Balaban J connectivity index is 1.26. The summed E-state index contributed by atoms with van der Waals surface area (Å²) >= 11 is 0. The largest absolute Gasteiger partial charge is 0.369 e. The smallest absolute Gasteiger partial charge is 0.251 e. The molecule has 0 bridgehead atoms. The first kappa shape index (κ1) is 18.8. The van der Waals surface area contributed by atoms with E-state index in [0.29, 0.717) is 6.42 Å². The quantitative estimate of drug-likeness (QED) is 0.568. The van der Waals surface area contributed by atoms with E-state index in [-0.39, 0.29) is 5.56 Å². The Morgan fingerprint density at radius 1 is 1.07 bits per heavy atom. The molecule has 0 aliphatic carbocycles. The topological polar surface area (TPSA) is 70.1 Å². The van der Waals surface area contributed by atoms with Gasteiger partial charge in [-0.3, -0.25) is 19.4 Å². The first-order chi connectivity index (χ1) is 14.6. The molecule has 1 aliphatic rings. The number of fused-ring (bicyclic) bond motifs is 2. The monoisotopic (exact) mass is 402 g/mol. The van der Waals surface area contributed by atoms with Crippen molar-refractivity contribution in [2.24, 2.45) is 7.05 Å². The number of hydrogen-bond donors (Lipinski definition) is 1. The van der Waals surface area contributed by atoms with Crippen LogP contribution >= 0.6 is 0 Å². The summed E-state index contributed by atoms with van der Waals surface area (Å²) in [6, 6.07) is 10.5. The zero-order valence-corrected chi connectivity index (χ0v) is 17.4. The summed E-state index contributed by atoms with van der Waals surface area (Å²) in [5, 5.41) is 5.52. The minimum absolute atomic E-state index is 0.0110. The van der Waals surface area contributed by atoms with Crippen molar-refractivity contribution in [1.82, 2.24) is 24.6 Å². The summed E-state index contributed by atoms with van der Waals surface area (Å²) in [5.74, 6) is 0. The molecule has 0 unspecified atom stereocenters. The molecule has 7 heteroatoms. The number of aromatic nitrogens is 4. The number of aryl methyl sites for hydroxylation is 2. The second-order valence-electron chi connectivity index (χ2n) is 8.03. The lowest BCUT2D eigenvalue weighted by Crippen LogP contribution is -2.45. The van der Waals surface area contributed by atoms with Gasteiger partial charge in [0.25, 0.3) is 5.56 Å². The summed E-state index contributed by atoms with van der Waals surface area (Å²) in [4.78, 5) is 24.6. The molecular formula is C23H26N6O. The number of piperazine rings is 1. The van der Waals surface area contributed by atoms with E-state index in [1.807, 2.05) is 37.1 Å². The minimum Gasteiger partial charge on any atom is -0.369 e. The van der Waals surface area contributed by atoms with Crippen LogP contribution in [-0.4, -0.2) is 50.8 Å². The number of nitrogens with zero attached hydrogens (tertiary/aromatic N) is 5. The zero-order valence-electron chi connectivity index (χ0n) is 17.4. The van der Waals surface area contributed by atoms with Crippen LogP contribution in [0.3, 0.4) is 0 Å². The number of rotatable bonds is 4. The second-order valence-corrected chi connectivity index (χ2v) is 8.03. The molecule has 30 heavy (non-hydrogen) atoms. The van der Waals surface area contributed by atoms with Gasteiger partial charge in [0.15, 0.2) is 0 Å². The normalized spacial score (nSPS) is 15.3. The Morgan fingerprint density at radius 2 is 1.90 bits per heavy atom. The van der Waals surface area contributed by atoms with Gasteiger partial charge in [-0.2, -0.15) is 5.10 Å². The highest BCUT2D eigenvalue weighted by atomic mass is 16.1. The third kappa shape index (κ3) is 3.45. The van der Waals surface area contributed by atoms with E-state index in [1.54, 1.807) is 0 Å². The molecule has 1 aromatic carbocycles. The third-order valence-electron chi connectivity index (χ3n) is 6.08. The van der Waals surface area contributed by atoms with Crippen LogP contribution in [0.2, 0.25) is 0 Å². The zero-order chi connectivity index (χ0) is 20.7. The van der Waals surface area contributed by atoms with Gasteiger partial charge in [-0.1, -0.05) is 6.92 Å². The number of aromatic amines is 1. The Morgan fingerprint density at radius 3 is 2.70 bits per heavy atom. The van der Waals surface area contributed by atoms with Crippen LogP contribution in [0, 0.1) is 0 Å². The summed E-state index contributed by atoms with van der Waals surface area (Å²) < 4.78 is 1.91. The number of hydrogen-bond acceptors (Lipinski definition) is 5. The van der Waals surface area contributed by atoms with E-state index in [2.05, 4.69) is 49.1 Å². The molecule has 0 amide bonds. The molecule has 0 saturated carbocycles. The van der Waals surface area contributed by atoms with Crippen molar-refractivity contribution >= 4 is 27.6 Å². The molecule has 4 heterocycles. The lowest BCUT2D eigenvalue weighted by molar-refractivity contribution is 0.250. The molecule has 5 rings (SSSR count). The van der Waals surface area contributed by atoms with Gasteiger partial charge in [-0.05, 0) is 42.3 Å². The molecular weight excluding hydrogens is 376 g/mol. The summed E-state index contributed by atoms with van der Waals surface area (Å²) in [7, 11) is 1.97. The molecule has 1 fully saturated rings. The van der Waals surface area contributed by atoms with Gasteiger partial charge in [0.1, 0.15) is 0 Å². The van der Waals surface area contributed by atoms with Gasteiger partial charge in [0.05, 0.1) is 22.7 Å². The Labute approximate surface area is 174 Å². The fourth-order valence-corrected chi connectivity index (χ4v) is 4.29. The van der Waals surface area contributed by atoms with Gasteiger partial charge in [0.2, 0.25) is 0 Å². The number of pyridine rings is 2. The van der Waals surface area contributed by atoms with Crippen molar-refractivity contribution in [2.75, 3.05) is 31.1 Å². The van der Waals surface area contributed by atoms with E-state index in [0.717, 1.165) is 60.4 Å². The maximum Gasteiger partial charge on any atom is 0.251 e. The molecule has 154 valence electrons. The fraction of sp³-hybridized carbons (Fsp3) is 0.348. The van der Waals surface area contributed by atoms with Crippen molar-refractivity contribution in [3.05, 3.63) is 64.2 Å². The number of anilines is 1. The van der Waals surface area contributed by atoms with Crippen molar-refractivity contribution in [1.29, 1.82) is 0 Å². The second kappa shape index (κ2) is 7.57. The highest BCUT2D eigenvalue weighted by Crippen LogP contribution is 2.23. The first-order valence-corrected chi connectivity index (χ1v) is 10.5. The predicted molar refractivity (Wildman–Crippen MR) is 120 cm³/mol. The Hall–Kier alpha value is -3.19. The van der Waals surface area contributed by atoms with E-state index in [1.165, 1.54) is 11.1 Å². The van der Waals surface area contributed by atoms with Gasteiger partial charge in [0, 0.05) is 62.6 Å². The van der Waals surface area contributed by atoms with Gasteiger partial charge in [-0.15, -0.1) is 0 Å². The molecule has 1 saturated heterocycles. The molecule has 3 aromatic heterocycles. The average molecular weight is 403 g/mol. The lowest BCUT2D eigenvalue weighted by Gasteiger charge is -2.36. The molecule has 1 aliphatic heterocycles. The Bertz CT molecular complexity index is 1270. The van der Waals surface area contributed by atoms with Crippen molar-refractivity contribution < 1.29 is 0 Å². The average Bonchev–Trinajstić information content (AvgIpc) is 3.14. The van der Waals surface area contributed by atoms with Crippen LogP contribution in [0.15, 0.2) is 47.5 Å². The van der Waals surface area contributed by atoms with Crippen LogP contribution in [0.4, 0.5) is 5.69 Å². The SMILES string of the molecule is CCc1cc2ncc(CN3CCN(c4ccc5c(cnn5C)c4)CC3)cc2[nH]c1=O. The molecule has 0 spiro atoms. The summed E-state index contributed by atoms with van der Waals surface area (Å²) in [6.45, 7) is 6.80. The maximum absolute atomic E-state index is 12.1. The Kier molecular flexibility index (Phi) is 4.75. The summed E-state index contributed by atoms with van der Waals surface area (Å²) in [6.07, 6.45) is 4.57. The number of H-pyrrole nitrogens is 1. The van der Waals surface area contributed by atoms with Gasteiger partial charge < -0.3 is 9.88 Å². The molecule has 4 aromatic rings. The summed E-state index contributed by atoms with van der Waals surface area (Å²) in [5.41, 5.74) is 5.99. The first-order valence-electron chi connectivity index (χ1n) is 10.5. The van der Waals surface area contributed by atoms with Gasteiger partial charge >= 0.3 is 0 Å². The van der Waals surface area contributed by atoms with E-state index in [9.17, 15) is 4.79 Å². The van der Waals surface area contributed by atoms with Crippen LogP contribution < -0.4 is 10.5 Å². The number of benzene rings is 1. The molecule has 0 radical (unpaired) electrons. The van der Waals surface area contributed by atoms with Crippen LogP contribution in [0.5, 0.6) is 0 Å². The molecule has 0 atom stereocenters. The minimum atomic E-state index is -0.0110. The van der Waals surface area contributed by atoms with Crippen molar-refractivity contribution in [3.63, 3.8) is 0 Å². The predicted octanol–water partition coefficient (Wildman–Crippen LogP) is 2.69.